The lowest BCUT2D eigenvalue weighted by molar-refractivity contribution is -0.137. The highest BCUT2D eigenvalue weighted by atomic mass is 35.5. The van der Waals surface area contributed by atoms with Gasteiger partial charge in [-0.05, 0) is 29.8 Å². The molecule has 0 aliphatic carbocycles. The molecule has 1 atom stereocenters. The molecule has 2 aromatic rings. The Morgan fingerprint density at radius 1 is 1.23 bits per heavy atom. The topological polar surface area (TPSA) is 59.0 Å². The first-order valence-corrected chi connectivity index (χ1v) is 8.20. The van der Waals surface area contributed by atoms with E-state index < -0.39 is 11.8 Å². The second-order valence-electron chi connectivity index (χ2n) is 5.91. The van der Waals surface area contributed by atoms with E-state index in [2.05, 4.69) is 4.90 Å². The van der Waals surface area contributed by atoms with Gasteiger partial charge in [0.05, 0.1) is 19.1 Å². The fraction of sp³-hybridized carbons (Fsp3) is 0.316. The van der Waals surface area contributed by atoms with E-state index in [1.54, 1.807) is 30.3 Å². The average molecular weight is 382 g/mol. The van der Waals surface area contributed by atoms with Crippen molar-refractivity contribution in [1.29, 1.82) is 0 Å². The highest BCUT2D eigenvalue weighted by Crippen LogP contribution is 2.27. The van der Waals surface area contributed by atoms with Crippen molar-refractivity contribution in [3.05, 3.63) is 59.9 Å². The predicted octanol–water partition coefficient (Wildman–Crippen LogP) is 3.89. The van der Waals surface area contributed by atoms with Gasteiger partial charge in [0.15, 0.2) is 11.6 Å². The first-order chi connectivity index (χ1) is 12.1. The molecule has 1 aliphatic heterocycles. The molecule has 1 heterocycles. The van der Waals surface area contributed by atoms with Crippen LogP contribution < -0.4 is 4.74 Å². The van der Waals surface area contributed by atoms with Crippen LogP contribution in [0.2, 0.25) is 0 Å². The van der Waals surface area contributed by atoms with E-state index in [4.69, 9.17) is 14.6 Å². The largest absolute Gasteiger partial charge is 0.481 e. The van der Waals surface area contributed by atoms with Crippen molar-refractivity contribution in [3.63, 3.8) is 0 Å². The molecule has 7 heteroatoms. The Bertz CT molecular complexity index is 726. The van der Waals surface area contributed by atoms with Crippen LogP contribution in [-0.2, 0) is 9.53 Å². The molecule has 0 saturated carbocycles. The molecule has 0 amide bonds. The van der Waals surface area contributed by atoms with Crippen LogP contribution in [0.15, 0.2) is 48.5 Å². The van der Waals surface area contributed by atoms with Gasteiger partial charge >= 0.3 is 5.97 Å². The fourth-order valence-electron chi connectivity index (χ4n) is 2.77. The Labute approximate surface area is 157 Å². The van der Waals surface area contributed by atoms with Crippen molar-refractivity contribution in [3.8, 4) is 11.5 Å². The third-order valence-electron chi connectivity index (χ3n) is 4.11. The molecule has 5 nitrogen and oxygen atoms in total. The first-order valence-electron chi connectivity index (χ1n) is 8.20. The lowest BCUT2D eigenvalue weighted by Gasteiger charge is -2.32. The summed E-state index contributed by atoms with van der Waals surface area (Å²) in [5.41, 5.74) is 0.987. The molecule has 1 saturated heterocycles. The first kappa shape index (κ1) is 20.2. The van der Waals surface area contributed by atoms with Crippen LogP contribution in [0, 0.1) is 5.82 Å². The van der Waals surface area contributed by atoms with Crippen molar-refractivity contribution in [2.45, 2.75) is 12.5 Å². The van der Waals surface area contributed by atoms with Gasteiger partial charge in [-0.15, -0.1) is 12.4 Å². The van der Waals surface area contributed by atoms with Crippen molar-refractivity contribution >= 4 is 18.4 Å². The molecule has 1 N–H and O–H groups in total. The van der Waals surface area contributed by atoms with Gasteiger partial charge in [0.2, 0.25) is 0 Å². The van der Waals surface area contributed by atoms with Crippen LogP contribution in [0.1, 0.15) is 18.1 Å². The van der Waals surface area contributed by atoms with E-state index >= 15 is 0 Å². The summed E-state index contributed by atoms with van der Waals surface area (Å²) in [4.78, 5) is 12.8. The summed E-state index contributed by atoms with van der Waals surface area (Å²) in [5, 5.41) is 8.80. The number of rotatable bonds is 6. The molecule has 0 aromatic heterocycles. The SMILES string of the molecule is Cl.O=C(O)CCN1CCOC(c2ccc(Oc3ccccc3F)cc2)C1. The summed E-state index contributed by atoms with van der Waals surface area (Å²) >= 11 is 0. The van der Waals surface area contributed by atoms with Crippen LogP contribution in [0.4, 0.5) is 4.39 Å². The second kappa shape index (κ2) is 9.52. The van der Waals surface area contributed by atoms with E-state index in [-0.39, 0.29) is 30.7 Å². The summed E-state index contributed by atoms with van der Waals surface area (Å²) in [6.45, 7) is 2.47. The zero-order valence-electron chi connectivity index (χ0n) is 14.1. The highest BCUT2D eigenvalue weighted by molar-refractivity contribution is 5.85. The Hall–Kier alpha value is -2.15. The number of benzene rings is 2. The molecule has 0 bridgehead atoms. The maximum absolute atomic E-state index is 13.6. The third kappa shape index (κ3) is 5.42. The van der Waals surface area contributed by atoms with E-state index in [0.29, 0.717) is 25.4 Å². The summed E-state index contributed by atoms with van der Waals surface area (Å²) in [5.74, 6) is -0.467. The van der Waals surface area contributed by atoms with Crippen LogP contribution in [0.5, 0.6) is 11.5 Å². The van der Waals surface area contributed by atoms with Crippen LogP contribution >= 0.6 is 12.4 Å². The number of ether oxygens (including phenoxy) is 2. The fourth-order valence-corrected chi connectivity index (χ4v) is 2.77. The van der Waals surface area contributed by atoms with Crippen molar-refractivity contribution < 1.29 is 23.8 Å². The lowest BCUT2D eigenvalue weighted by atomic mass is 10.1. The summed E-state index contributed by atoms with van der Waals surface area (Å²) < 4.78 is 25.0. The molecule has 0 radical (unpaired) electrons. The quantitative estimate of drug-likeness (QED) is 0.822. The molecule has 26 heavy (non-hydrogen) atoms. The van der Waals surface area contributed by atoms with Gasteiger partial charge in [-0.1, -0.05) is 24.3 Å². The van der Waals surface area contributed by atoms with Gasteiger partial charge in [0, 0.05) is 19.6 Å². The maximum Gasteiger partial charge on any atom is 0.304 e. The number of morpholine rings is 1. The van der Waals surface area contributed by atoms with E-state index in [9.17, 15) is 9.18 Å². The molecule has 3 rings (SSSR count). The number of carboxylic acid groups (broad SMARTS) is 1. The number of nitrogens with zero attached hydrogens (tertiary/aromatic N) is 1. The third-order valence-corrected chi connectivity index (χ3v) is 4.11. The average Bonchev–Trinajstić information content (AvgIpc) is 2.63. The summed E-state index contributed by atoms with van der Waals surface area (Å²) in [6, 6.07) is 13.6. The van der Waals surface area contributed by atoms with E-state index in [1.807, 2.05) is 12.1 Å². The predicted molar refractivity (Wildman–Crippen MR) is 97.5 cm³/mol. The zero-order valence-corrected chi connectivity index (χ0v) is 15.0. The number of para-hydroxylation sites is 1. The minimum Gasteiger partial charge on any atom is -0.481 e. The van der Waals surface area contributed by atoms with E-state index in [1.165, 1.54) is 6.07 Å². The molecular weight excluding hydrogens is 361 g/mol. The Morgan fingerprint density at radius 2 is 1.96 bits per heavy atom. The summed E-state index contributed by atoms with van der Waals surface area (Å²) in [7, 11) is 0. The monoisotopic (exact) mass is 381 g/mol. The van der Waals surface area contributed by atoms with Gasteiger partial charge in [0.25, 0.3) is 0 Å². The van der Waals surface area contributed by atoms with Crippen LogP contribution in [-0.4, -0.2) is 42.2 Å². The molecule has 1 fully saturated rings. The molecule has 0 spiro atoms. The van der Waals surface area contributed by atoms with Crippen LogP contribution in [0.25, 0.3) is 0 Å². The van der Waals surface area contributed by atoms with Gasteiger partial charge in [-0.2, -0.15) is 0 Å². The van der Waals surface area contributed by atoms with Crippen molar-refractivity contribution in [2.24, 2.45) is 0 Å². The number of hydrogen-bond donors (Lipinski definition) is 1. The number of aliphatic carboxylic acids is 1. The minimum absolute atomic E-state index is 0. The molecule has 1 unspecified atom stereocenters. The van der Waals surface area contributed by atoms with Gasteiger partial charge in [0.1, 0.15) is 5.75 Å². The number of halogens is 2. The lowest BCUT2D eigenvalue weighted by Crippen LogP contribution is -2.39. The smallest absolute Gasteiger partial charge is 0.304 e. The van der Waals surface area contributed by atoms with Crippen molar-refractivity contribution in [1.82, 2.24) is 4.90 Å². The minimum atomic E-state index is -0.794. The number of hydrogen-bond acceptors (Lipinski definition) is 4. The molecule has 140 valence electrons. The Balaban J connectivity index is 0.00000243. The summed E-state index contributed by atoms with van der Waals surface area (Å²) in [6.07, 6.45) is 0.0207. The Morgan fingerprint density at radius 3 is 2.65 bits per heavy atom. The van der Waals surface area contributed by atoms with Crippen molar-refractivity contribution in [2.75, 3.05) is 26.2 Å². The van der Waals surface area contributed by atoms with Gasteiger partial charge in [-0.25, -0.2) is 4.39 Å². The second-order valence-corrected chi connectivity index (χ2v) is 5.91. The van der Waals surface area contributed by atoms with E-state index in [0.717, 1.165) is 12.1 Å². The Kier molecular flexibility index (Phi) is 7.38. The molecular formula is C19H21ClFNO4. The number of carbonyl (C=O) groups is 1. The molecule has 2 aromatic carbocycles. The normalized spacial score (nSPS) is 17.3. The van der Waals surface area contributed by atoms with Gasteiger partial charge < -0.3 is 14.6 Å². The van der Waals surface area contributed by atoms with Gasteiger partial charge in [-0.3, -0.25) is 9.69 Å². The highest BCUT2D eigenvalue weighted by Gasteiger charge is 2.22. The molecule has 1 aliphatic rings. The standard InChI is InChI=1S/C19H20FNO4.ClH/c20-16-3-1-2-4-17(16)25-15-7-5-14(6-8-15)18-13-21(11-12-24-18)10-9-19(22)23;/h1-8,18H,9-13H2,(H,22,23);1H. The number of carboxylic acids is 1. The van der Waals surface area contributed by atoms with Crippen LogP contribution in [0.3, 0.4) is 0 Å². The maximum atomic E-state index is 13.6. The zero-order chi connectivity index (χ0) is 17.6.